The van der Waals surface area contributed by atoms with Gasteiger partial charge in [0.25, 0.3) is 0 Å². The van der Waals surface area contributed by atoms with E-state index in [2.05, 4.69) is 41.5 Å². The molecule has 0 aliphatic carbocycles. The fourth-order valence-electron chi connectivity index (χ4n) is 3.42. The summed E-state index contributed by atoms with van der Waals surface area (Å²) in [4.78, 5) is 11.8. The number of carbonyl (C=O) groups excluding carboxylic acids is 1. The first-order chi connectivity index (χ1) is 16.3. The third kappa shape index (κ3) is 5.44. The largest absolute Gasteiger partial charge is 0.508 e. The molecular formula is C26H33F5O5. The van der Waals surface area contributed by atoms with Gasteiger partial charge >= 0.3 is 23.9 Å². The highest BCUT2D eigenvalue weighted by Crippen LogP contribution is 2.54. The molecule has 10 heteroatoms. The van der Waals surface area contributed by atoms with Crippen molar-refractivity contribution in [3.8, 4) is 5.75 Å². The number of aromatic hydroxyl groups is 1. The van der Waals surface area contributed by atoms with Crippen LogP contribution in [0.2, 0.25) is 0 Å². The number of fused-ring (bicyclic) bond motifs is 1. The molecule has 5 nitrogen and oxygen atoms in total. The minimum Gasteiger partial charge on any atom is -0.508 e. The van der Waals surface area contributed by atoms with Crippen molar-refractivity contribution in [2.24, 2.45) is 5.41 Å². The average molecular weight is 521 g/mol. The molecule has 3 atom stereocenters. The molecule has 2 aromatic rings. The Morgan fingerprint density at radius 3 is 2.17 bits per heavy atom. The van der Waals surface area contributed by atoms with Crippen molar-refractivity contribution in [2.45, 2.75) is 83.8 Å². The van der Waals surface area contributed by atoms with E-state index in [0.29, 0.717) is 18.6 Å². The second kappa shape index (κ2) is 10.1. The number of phenolic OH excluding ortho intramolecular Hbond substituents is 1. The molecule has 1 aliphatic rings. The lowest BCUT2D eigenvalue weighted by Crippen LogP contribution is -2.63. The zero-order valence-electron chi connectivity index (χ0n) is 21.2. The van der Waals surface area contributed by atoms with Crippen LogP contribution in [0.4, 0.5) is 22.0 Å². The second-order valence-corrected chi connectivity index (χ2v) is 9.96. The van der Waals surface area contributed by atoms with Gasteiger partial charge in [-0.2, -0.15) is 22.0 Å². The molecule has 3 rings (SSSR count). The van der Waals surface area contributed by atoms with Crippen molar-refractivity contribution in [3.63, 3.8) is 0 Å². The van der Waals surface area contributed by atoms with Gasteiger partial charge in [0.05, 0.1) is 12.0 Å². The van der Waals surface area contributed by atoms with E-state index in [1.807, 2.05) is 6.07 Å². The van der Waals surface area contributed by atoms with Crippen LogP contribution < -0.4 is 0 Å². The molecule has 0 amide bonds. The quantitative estimate of drug-likeness (QED) is 0.339. The minimum atomic E-state index is -5.74. The number of halogens is 5. The molecule has 1 fully saturated rings. The van der Waals surface area contributed by atoms with Gasteiger partial charge in [-0.3, -0.25) is 4.79 Å². The number of rotatable bonds is 5. The summed E-state index contributed by atoms with van der Waals surface area (Å²) in [5, 5.41) is 20.8. The topological polar surface area (TPSA) is 76.0 Å². The van der Waals surface area contributed by atoms with Crippen LogP contribution in [0.25, 0.3) is 10.8 Å². The number of phenols is 1. The first kappa shape index (κ1) is 29.8. The van der Waals surface area contributed by atoms with Gasteiger partial charge in [0.15, 0.2) is 0 Å². The first-order valence-electron chi connectivity index (χ1n) is 11.6. The molecule has 1 heterocycles. The van der Waals surface area contributed by atoms with Crippen LogP contribution in [0, 0.1) is 5.41 Å². The number of carbonyl (C=O) groups is 1. The maximum absolute atomic E-state index is 14.0. The Kier molecular flexibility index (Phi) is 8.37. The molecular weight excluding hydrogens is 487 g/mol. The van der Waals surface area contributed by atoms with Crippen molar-refractivity contribution < 1.29 is 46.4 Å². The van der Waals surface area contributed by atoms with E-state index in [1.54, 1.807) is 19.1 Å². The Morgan fingerprint density at radius 1 is 1.11 bits per heavy atom. The number of ether oxygens (including phenoxy) is 2. The molecule has 36 heavy (non-hydrogen) atoms. The van der Waals surface area contributed by atoms with Crippen LogP contribution in [0.5, 0.6) is 5.75 Å². The van der Waals surface area contributed by atoms with Crippen molar-refractivity contribution in [2.75, 3.05) is 6.61 Å². The fraction of sp³-hybridized carbons (Fsp3) is 0.577. The number of aliphatic hydroxyl groups is 1. The number of hydrogen-bond acceptors (Lipinski definition) is 5. The van der Waals surface area contributed by atoms with Crippen molar-refractivity contribution in [1.29, 1.82) is 0 Å². The Labute approximate surface area is 207 Å². The maximum Gasteiger partial charge on any atom is 0.449 e. The molecule has 2 N–H and O–H groups in total. The van der Waals surface area contributed by atoms with Gasteiger partial charge in [-0.15, -0.1) is 0 Å². The first-order valence-corrected chi connectivity index (χ1v) is 11.6. The number of benzene rings is 2. The number of alkyl halides is 5. The molecule has 0 radical (unpaired) electrons. The van der Waals surface area contributed by atoms with Crippen LogP contribution in [0.1, 0.15) is 65.9 Å². The second-order valence-electron chi connectivity index (χ2n) is 9.96. The van der Waals surface area contributed by atoms with Gasteiger partial charge < -0.3 is 19.7 Å². The van der Waals surface area contributed by atoms with E-state index < -0.39 is 41.5 Å². The average Bonchev–Trinajstić information content (AvgIpc) is 2.98. The Hall–Kier alpha value is -2.46. The van der Waals surface area contributed by atoms with Gasteiger partial charge in [-0.05, 0) is 68.0 Å². The highest BCUT2D eigenvalue weighted by Gasteiger charge is 2.82. The lowest BCUT2D eigenvalue weighted by molar-refractivity contribution is -0.409. The smallest absolute Gasteiger partial charge is 0.449 e. The van der Waals surface area contributed by atoms with Gasteiger partial charge in [0.2, 0.25) is 5.60 Å². The number of hydrogen-bond donors (Lipinski definition) is 2. The van der Waals surface area contributed by atoms with Crippen LogP contribution in [-0.2, 0) is 14.3 Å². The van der Waals surface area contributed by atoms with Gasteiger partial charge in [0.1, 0.15) is 5.75 Å². The van der Waals surface area contributed by atoms with Crippen molar-refractivity contribution in [3.05, 3.63) is 42.0 Å². The molecule has 3 unspecified atom stereocenters. The maximum atomic E-state index is 14.0. The highest BCUT2D eigenvalue weighted by molar-refractivity contribution is 5.84. The molecule has 0 bridgehead atoms. The monoisotopic (exact) mass is 520 g/mol. The van der Waals surface area contributed by atoms with Crippen molar-refractivity contribution >= 4 is 16.7 Å². The standard InChI is InChI=1S/C14H16O.C12H17F5O4/c1-3-10(2)11-4-5-13-9-14(15)7-6-12(13)8-11;1-5-8(2,3)7(18)21-9(4)6-20-11(19,10(9,13)14)12(15,16)17/h4-10,15H,3H2,1-2H3;19H,5-6H2,1-4H3. The molecule has 2 aromatic carbocycles. The summed E-state index contributed by atoms with van der Waals surface area (Å²) in [5.74, 6) is -9.70. The van der Waals surface area contributed by atoms with Crippen LogP contribution in [0.15, 0.2) is 36.4 Å². The molecule has 0 aromatic heterocycles. The zero-order valence-corrected chi connectivity index (χ0v) is 21.2. The Balaban J connectivity index is 0.000000267. The molecule has 0 saturated carbocycles. The van der Waals surface area contributed by atoms with Crippen LogP contribution >= 0.6 is 0 Å². The van der Waals surface area contributed by atoms with E-state index in [0.717, 1.165) is 11.8 Å². The summed E-state index contributed by atoms with van der Waals surface area (Å²) in [6, 6.07) is 11.9. The van der Waals surface area contributed by atoms with E-state index in [9.17, 15) is 37.0 Å². The van der Waals surface area contributed by atoms with E-state index in [-0.39, 0.29) is 6.42 Å². The SMILES string of the molecule is CCC(C)(C)C(=O)OC1(C)COC(O)(C(F)(F)F)C1(F)F.CCC(C)c1ccc2cc(O)ccc2c1. The third-order valence-electron chi connectivity index (χ3n) is 6.81. The number of esters is 1. The van der Waals surface area contributed by atoms with Gasteiger partial charge in [0, 0.05) is 0 Å². The third-order valence-corrected chi connectivity index (χ3v) is 6.81. The van der Waals surface area contributed by atoms with E-state index in [1.165, 1.54) is 24.8 Å². The van der Waals surface area contributed by atoms with Crippen LogP contribution in [-0.4, -0.2) is 46.3 Å². The van der Waals surface area contributed by atoms with Crippen molar-refractivity contribution in [1.82, 2.24) is 0 Å². The Morgan fingerprint density at radius 2 is 1.67 bits per heavy atom. The summed E-state index contributed by atoms with van der Waals surface area (Å²) < 4.78 is 74.4. The van der Waals surface area contributed by atoms with E-state index in [4.69, 9.17) is 0 Å². The fourth-order valence-corrected chi connectivity index (χ4v) is 3.42. The van der Waals surface area contributed by atoms with Gasteiger partial charge in [-0.1, -0.05) is 45.0 Å². The lowest BCUT2D eigenvalue weighted by Gasteiger charge is -2.37. The van der Waals surface area contributed by atoms with Crippen LogP contribution in [0.3, 0.4) is 0 Å². The summed E-state index contributed by atoms with van der Waals surface area (Å²) in [7, 11) is 0. The summed E-state index contributed by atoms with van der Waals surface area (Å²) in [6.07, 6.45) is -4.34. The predicted octanol–water partition coefficient (Wildman–Crippen LogP) is 6.70. The molecule has 0 spiro atoms. The summed E-state index contributed by atoms with van der Waals surface area (Å²) in [5.41, 5.74) is -2.70. The van der Waals surface area contributed by atoms with Gasteiger partial charge in [-0.25, -0.2) is 0 Å². The predicted molar refractivity (Wildman–Crippen MR) is 125 cm³/mol. The Bertz CT molecular complexity index is 1080. The summed E-state index contributed by atoms with van der Waals surface area (Å²) in [6.45, 7) is 8.17. The normalized spacial score (nSPS) is 24.7. The summed E-state index contributed by atoms with van der Waals surface area (Å²) >= 11 is 0. The molecule has 202 valence electrons. The van der Waals surface area contributed by atoms with E-state index >= 15 is 0 Å². The molecule has 1 saturated heterocycles. The zero-order chi connectivity index (χ0) is 27.7. The highest BCUT2D eigenvalue weighted by atomic mass is 19.4. The minimum absolute atomic E-state index is 0.234. The molecule has 1 aliphatic heterocycles. The lowest BCUT2D eigenvalue weighted by atomic mass is 9.89.